The van der Waals surface area contributed by atoms with Crippen molar-refractivity contribution < 1.29 is 0 Å². The lowest BCUT2D eigenvalue weighted by Crippen LogP contribution is -2.30. The molecule has 1 aliphatic carbocycles. The zero-order valence-corrected chi connectivity index (χ0v) is 14.1. The molecule has 0 aromatic heterocycles. The van der Waals surface area contributed by atoms with Crippen LogP contribution in [0.3, 0.4) is 0 Å². The van der Waals surface area contributed by atoms with Crippen LogP contribution in [-0.2, 0) is 0 Å². The molecule has 1 fully saturated rings. The van der Waals surface area contributed by atoms with E-state index in [-0.39, 0.29) is 0 Å². The summed E-state index contributed by atoms with van der Waals surface area (Å²) in [7, 11) is 0. The molecule has 0 amide bonds. The monoisotopic (exact) mass is 407 g/mol. The van der Waals surface area contributed by atoms with Crippen LogP contribution >= 0.6 is 38.5 Å². The maximum Gasteiger partial charge on any atom is 0.0353 e. The Hall–Kier alpha value is 0.230. The molecule has 2 atom stereocenters. The summed E-state index contributed by atoms with van der Waals surface area (Å²) in [6.45, 7) is 4.74. The number of hydrogen-bond acceptors (Lipinski definition) is 1. The number of benzene rings is 1. The van der Waals surface area contributed by atoms with Gasteiger partial charge in [-0.3, -0.25) is 0 Å². The van der Waals surface area contributed by atoms with Crippen molar-refractivity contribution in [3.8, 4) is 0 Å². The van der Waals surface area contributed by atoms with Crippen molar-refractivity contribution >= 4 is 44.2 Å². The number of anilines is 1. The third-order valence-corrected chi connectivity index (χ3v) is 5.79. The number of hydrogen-bond donors (Lipinski definition) is 1. The highest BCUT2D eigenvalue weighted by molar-refractivity contribution is 14.1. The minimum absolute atomic E-state index is 0.644. The van der Waals surface area contributed by atoms with Gasteiger partial charge in [-0.2, -0.15) is 0 Å². The van der Waals surface area contributed by atoms with E-state index >= 15 is 0 Å². The van der Waals surface area contributed by atoms with Crippen molar-refractivity contribution in [1.82, 2.24) is 0 Å². The van der Waals surface area contributed by atoms with E-state index < -0.39 is 0 Å². The molecule has 94 valence electrons. The normalized spacial score (nSPS) is 29.1. The molecule has 1 N–H and O–H groups in total. The fourth-order valence-electron chi connectivity index (χ4n) is 2.89. The molecule has 2 rings (SSSR count). The Kier molecular flexibility index (Phi) is 4.75. The van der Waals surface area contributed by atoms with Crippen molar-refractivity contribution in [2.45, 2.75) is 39.2 Å². The van der Waals surface area contributed by atoms with E-state index in [1.54, 1.807) is 0 Å². The first-order chi connectivity index (χ1) is 8.04. The first-order valence-corrected chi connectivity index (χ1v) is 8.13. The SMILES string of the molecule is CC1CC(C)CC(Nc2ccc(Br)c(I)c2)C1. The number of halogens is 2. The van der Waals surface area contributed by atoms with Crippen LogP contribution in [-0.4, -0.2) is 6.04 Å². The molecule has 0 heterocycles. The van der Waals surface area contributed by atoms with Gasteiger partial charge in [0.25, 0.3) is 0 Å². The van der Waals surface area contributed by atoms with Gasteiger partial charge in [0.2, 0.25) is 0 Å². The molecule has 1 aromatic carbocycles. The molecule has 0 spiro atoms. The highest BCUT2D eigenvalue weighted by Gasteiger charge is 2.23. The first kappa shape index (κ1) is 13.7. The molecule has 1 nitrogen and oxygen atoms in total. The highest BCUT2D eigenvalue weighted by Crippen LogP contribution is 2.31. The summed E-state index contributed by atoms with van der Waals surface area (Å²) in [5.74, 6) is 1.71. The summed E-state index contributed by atoms with van der Waals surface area (Å²) in [4.78, 5) is 0. The summed E-state index contributed by atoms with van der Waals surface area (Å²) < 4.78 is 2.44. The number of rotatable bonds is 2. The van der Waals surface area contributed by atoms with Crippen LogP contribution < -0.4 is 5.32 Å². The van der Waals surface area contributed by atoms with Gasteiger partial charge in [0, 0.05) is 19.8 Å². The van der Waals surface area contributed by atoms with Gasteiger partial charge < -0.3 is 5.32 Å². The maximum atomic E-state index is 3.68. The van der Waals surface area contributed by atoms with Crippen LogP contribution in [0.5, 0.6) is 0 Å². The molecule has 0 radical (unpaired) electrons. The Morgan fingerprint density at radius 2 is 1.82 bits per heavy atom. The average Bonchev–Trinajstić information content (AvgIpc) is 2.22. The van der Waals surface area contributed by atoms with Gasteiger partial charge in [-0.25, -0.2) is 0 Å². The predicted molar refractivity (Wildman–Crippen MR) is 86.4 cm³/mol. The van der Waals surface area contributed by atoms with E-state index in [1.165, 1.54) is 33.0 Å². The van der Waals surface area contributed by atoms with Gasteiger partial charge in [-0.1, -0.05) is 13.8 Å². The molecular formula is C14H19BrIN. The van der Waals surface area contributed by atoms with Gasteiger partial charge in [0.05, 0.1) is 0 Å². The number of nitrogens with one attached hydrogen (secondary N) is 1. The van der Waals surface area contributed by atoms with E-state index in [9.17, 15) is 0 Å². The quantitative estimate of drug-likeness (QED) is 0.656. The van der Waals surface area contributed by atoms with Crippen LogP contribution in [0.1, 0.15) is 33.1 Å². The maximum absolute atomic E-state index is 3.68. The van der Waals surface area contributed by atoms with Crippen molar-refractivity contribution in [2.24, 2.45) is 11.8 Å². The van der Waals surface area contributed by atoms with Crippen LogP contribution in [0.15, 0.2) is 22.7 Å². The Bertz CT molecular complexity index is 384. The molecule has 2 unspecified atom stereocenters. The standard InChI is InChI=1S/C14H19BrIN/c1-9-5-10(2)7-12(6-9)17-11-3-4-13(15)14(16)8-11/h3-4,8-10,12,17H,5-7H2,1-2H3. The Morgan fingerprint density at radius 3 is 2.41 bits per heavy atom. The fraction of sp³-hybridized carbons (Fsp3) is 0.571. The molecule has 1 aromatic rings. The van der Waals surface area contributed by atoms with Crippen LogP contribution in [0.25, 0.3) is 0 Å². The fourth-order valence-corrected chi connectivity index (χ4v) is 3.65. The lowest BCUT2D eigenvalue weighted by atomic mass is 9.80. The van der Waals surface area contributed by atoms with Crippen LogP contribution in [0, 0.1) is 15.4 Å². The van der Waals surface area contributed by atoms with Gasteiger partial charge >= 0.3 is 0 Å². The highest BCUT2D eigenvalue weighted by atomic mass is 127. The van der Waals surface area contributed by atoms with E-state index in [2.05, 4.69) is 75.9 Å². The lowest BCUT2D eigenvalue weighted by Gasteiger charge is -2.32. The average molecular weight is 408 g/mol. The molecule has 17 heavy (non-hydrogen) atoms. The zero-order chi connectivity index (χ0) is 12.4. The van der Waals surface area contributed by atoms with Crippen molar-refractivity contribution in [1.29, 1.82) is 0 Å². The van der Waals surface area contributed by atoms with E-state index in [0.717, 1.165) is 11.8 Å². The first-order valence-electron chi connectivity index (χ1n) is 6.26. The van der Waals surface area contributed by atoms with Gasteiger partial charge in [-0.05, 0) is 87.8 Å². The summed E-state index contributed by atoms with van der Waals surface area (Å²) >= 11 is 5.90. The molecule has 0 saturated heterocycles. The summed E-state index contributed by atoms with van der Waals surface area (Å²) in [6, 6.07) is 7.15. The summed E-state index contributed by atoms with van der Waals surface area (Å²) in [5, 5.41) is 3.68. The molecule has 0 aliphatic heterocycles. The third kappa shape index (κ3) is 3.85. The zero-order valence-electron chi connectivity index (χ0n) is 10.3. The minimum Gasteiger partial charge on any atom is -0.382 e. The smallest absolute Gasteiger partial charge is 0.0353 e. The molecular weight excluding hydrogens is 389 g/mol. The van der Waals surface area contributed by atoms with Gasteiger partial charge in [-0.15, -0.1) is 0 Å². The Balaban J connectivity index is 2.02. The summed E-state index contributed by atoms with van der Waals surface area (Å²) in [5.41, 5.74) is 1.25. The second-order valence-corrected chi connectivity index (χ2v) is 7.40. The van der Waals surface area contributed by atoms with Crippen LogP contribution in [0.4, 0.5) is 5.69 Å². The molecule has 3 heteroatoms. The van der Waals surface area contributed by atoms with Crippen molar-refractivity contribution in [3.63, 3.8) is 0 Å². The minimum atomic E-state index is 0.644. The van der Waals surface area contributed by atoms with E-state index in [0.29, 0.717) is 6.04 Å². The second-order valence-electron chi connectivity index (χ2n) is 5.39. The van der Waals surface area contributed by atoms with Gasteiger partial charge in [0.1, 0.15) is 0 Å². The summed E-state index contributed by atoms with van der Waals surface area (Å²) in [6.07, 6.45) is 3.99. The molecule has 0 bridgehead atoms. The van der Waals surface area contributed by atoms with E-state index in [1.807, 2.05) is 0 Å². The van der Waals surface area contributed by atoms with Crippen LogP contribution in [0.2, 0.25) is 0 Å². The van der Waals surface area contributed by atoms with Gasteiger partial charge in [0.15, 0.2) is 0 Å². The van der Waals surface area contributed by atoms with Crippen molar-refractivity contribution in [2.75, 3.05) is 5.32 Å². The van der Waals surface area contributed by atoms with Crippen molar-refractivity contribution in [3.05, 3.63) is 26.2 Å². The third-order valence-electron chi connectivity index (χ3n) is 3.47. The molecule has 1 saturated carbocycles. The predicted octanol–water partition coefficient (Wildman–Crippen LogP) is 5.29. The molecule has 1 aliphatic rings. The van der Waals surface area contributed by atoms with E-state index in [4.69, 9.17) is 0 Å². The largest absolute Gasteiger partial charge is 0.382 e. The topological polar surface area (TPSA) is 12.0 Å². The second kappa shape index (κ2) is 5.91. The Morgan fingerprint density at radius 1 is 1.18 bits per heavy atom. The lowest BCUT2D eigenvalue weighted by molar-refractivity contribution is 0.281. The Labute approximate surface area is 126 Å².